The van der Waals surface area contributed by atoms with Gasteiger partial charge in [0.2, 0.25) is 0 Å². The van der Waals surface area contributed by atoms with E-state index in [1.807, 2.05) is 37.4 Å². The van der Waals surface area contributed by atoms with Crippen molar-refractivity contribution in [2.24, 2.45) is 0 Å². The summed E-state index contributed by atoms with van der Waals surface area (Å²) in [5.41, 5.74) is -2.39. The summed E-state index contributed by atoms with van der Waals surface area (Å²) in [6, 6.07) is 14.3. The maximum absolute atomic E-state index is 14.3. The molecule has 0 aromatic heterocycles. The molecule has 0 aliphatic heterocycles. The van der Waals surface area contributed by atoms with E-state index in [0.29, 0.717) is 25.8 Å². The summed E-state index contributed by atoms with van der Waals surface area (Å²) in [5.74, 6) is 0. The first kappa shape index (κ1) is 26.1. The van der Waals surface area contributed by atoms with Crippen LogP contribution in [0.25, 0.3) is 0 Å². The van der Waals surface area contributed by atoms with Gasteiger partial charge in [-0.05, 0) is 80.8 Å². The van der Waals surface area contributed by atoms with Crippen molar-refractivity contribution in [3.05, 3.63) is 70.8 Å². The predicted octanol–water partition coefficient (Wildman–Crippen LogP) is 7.76. The van der Waals surface area contributed by atoms with Crippen LogP contribution in [0.4, 0.5) is 26.3 Å². The van der Waals surface area contributed by atoms with Crippen LogP contribution in [0.15, 0.2) is 48.5 Å². The minimum Gasteiger partial charge on any atom is -0.306 e. The van der Waals surface area contributed by atoms with E-state index >= 15 is 0 Å². The van der Waals surface area contributed by atoms with Gasteiger partial charge in [-0.2, -0.15) is 26.3 Å². The molecule has 0 bridgehead atoms. The lowest BCUT2D eigenvalue weighted by atomic mass is 9.58. The standard InChI is InChI=1S/C28H33F6N/c1-35(20-14-21-9-3-2-4-10-21)19-6-11-22-23(25(15-7-16-25)27(29,30)31)12-5-13-24(22)26(17-8-18-26)28(32,33)34/h2-5,9-10,12-13H,6-8,11,14-20H2,1H3. The Balaban J connectivity index is 1.59. The zero-order valence-electron chi connectivity index (χ0n) is 20.1. The second-order valence-electron chi connectivity index (χ2n) is 10.3. The van der Waals surface area contributed by atoms with Gasteiger partial charge in [-0.1, -0.05) is 61.4 Å². The van der Waals surface area contributed by atoms with Crippen molar-refractivity contribution < 1.29 is 26.3 Å². The maximum atomic E-state index is 14.3. The second-order valence-corrected chi connectivity index (χ2v) is 10.3. The van der Waals surface area contributed by atoms with Gasteiger partial charge in [0, 0.05) is 6.54 Å². The molecule has 0 spiro atoms. The fourth-order valence-corrected chi connectivity index (χ4v) is 5.83. The van der Waals surface area contributed by atoms with Gasteiger partial charge in [-0.15, -0.1) is 0 Å². The van der Waals surface area contributed by atoms with Crippen LogP contribution < -0.4 is 0 Å². The summed E-state index contributed by atoms with van der Waals surface area (Å²) < 4.78 is 85.6. The molecule has 192 valence electrons. The van der Waals surface area contributed by atoms with E-state index in [-0.39, 0.29) is 48.8 Å². The predicted molar refractivity (Wildman–Crippen MR) is 126 cm³/mol. The van der Waals surface area contributed by atoms with Crippen LogP contribution in [0.3, 0.4) is 0 Å². The average Bonchev–Trinajstić information content (AvgIpc) is 2.71. The topological polar surface area (TPSA) is 3.24 Å². The van der Waals surface area contributed by atoms with Crippen molar-refractivity contribution in [2.45, 2.75) is 81.0 Å². The smallest absolute Gasteiger partial charge is 0.306 e. The molecule has 2 aliphatic rings. The molecular weight excluding hydrogens is 464 g/mol. The van der Waals surface area contributed by atoms with E-state index in [1.165, 1.54) is 23.8 Å². The van der Waals surface area contributed by atoms with Crippen molar-refractivity contribution in [1.29, 1.82) is 0 Å². The van der Waals surface area contributed by atoms with Gasteiger partial charge >= 0.3 is 12.4 Å². The van der Waals surface area contributed by atoms with E-state index in [9.17, 15) is 26.3 Å². The van der Waals surface area contributed by atoms with Gasteiger partial charge in [0.05, 0.1) is 10.8 Å². The molecule has 2 aliphatic carbocycles. The largest absolute Gasteiger partial charge is 0.398 e. The van der Waals surface area contributed by atoms with Crippen molar-refractivity contribution in [2.75, 3.05) is 20.1 Å². The number of hydrogen-bond acceptors (Lipinski definition) is 1. The SMILES string of the molecule is CN(CCCc1c(C2(C(F)(F)F)CCC2)cccc1C1(C(F)(F)F)CCC1)CCc1ccccc1. The number of halogens is 6. The van der Waals surface area contributed by atoms with Crippen LogP contribution in [0.5, 0.6) is 0 Å². The van der Waals surface area contributed by atoms with Gasteiger partial charge in [0.1, 0.15) is 0 Å². The normalized spacial score (nSPS) is 19.3. The molecule has 2 fully saturated rings. The summed E-state index contributed by atoms with van der Waals surface area (Å²) in [6.07, 6.45) is -6.71. The fraction of sp³-hybridized carbons (Fsp3) is 0.571. The molecule has 0 unspecified atom stereocenters. The molecule has 0 radical (unpaired) electrons. The number of rotatable bonds is 9. The first-order valence-electron chi connectivity index (χ1n) is 12.5. The Morgan fingerprint density at radius 3 is 1.63 bits per heavy atom. The highest BCUT2D eigenvalue weighted by Gasteiger charge is 2.63. The molecule has 4 rings (SSSR count). The zero-order valence-corrected chi connectivity index (χ0v) is 20.1. The number of benzene rings is 2. The van der Waals surface area contributed by atoms with E-state index < -0.39 is 23.2 Å². The first-order chi connectivity index (χ1) is 16.5. The number of likely N-dealkylation sites (N-methyl/N-ethyl adjacent to an activating group) is 1. The summed E-state index contributed by atoms with van der Waals surface area (Å²) in [7, 11) is 1.95. The Kier molecular flexibility index (Phi) is 7.29. The summed E-state index contributed by atoms with van der Waals surface area (Å²) >= 11 is 0. The molecular formula is C28H33F6N. The van der Waals surface area contributed by atoms with Gasteiger partial charge in [0.25, 0.3) is 0 Å². The van der Waals surface area contributed by atoms with Gasteiger partial charge in [0.15, 0.2) is 0 Å². The fourth-order valence-electron chi connectivity index (χ4n) is 5.83. The monoisotopic (exact) mass is 497 g/mol. The van der Waals surface area contributed by atoms with Crippen LogP contribution in [-0.2, 0) is 23.7 Å². The van der Waals surface area contributed by atoms with Crippen LogP contribution in [-0.4, -0.2) is 37.4 Å². The van der Waals surface area contributed by atoms with Crippen LogP contribution in [0, 0.1) is 0 Å². The zero-order chi connectivity index (χ0) is 25.3. The number of alkyl halides is 6. The molecule has 2 aromatic carbocycles. The van der Waals surface area contributed by atoms with E-state index in [0.717, 1.165) is 13.0 Å². The summed E-state index contributed by atoms with van der Waals surface area (Å²) in [4.78, 5) is 2.10. The maximum Gasteiger partial charge on any atom is 0.398 e. The molecule has 1 nitrogen and oxygen atoms in total. The van der Waals surface area contributed by atoms with E-state index in [4.69, 9.17) is 0 Å². The molecule has 0 heterocycles. The lowest BCUT2D eigenvalue weighted by Crippen LogP contribution is -2.51. The highest BCUT2D eigenvalue weighted by Crippen LogP contribution is 2.59. The van der Waals surface area contributed by atoms with Gasteiger partial charge in [-0.3, -0.25) is 0 Å². The van der Waals surface area contributed by atoms with E-state index in [2.05, 4.69) is 4.90 Å². The molecule has 2 aromatic rings. The van der Waals surface area contributed by atoms with E-state index in [1.54, 1.807) is 0 Å². The molecule has 0 saturated heterocycles. The Bertz CT molecular complexity index is 936. The third kappa shape index (κ3) is 4.85. The molecule has 2 saturated carbocycles. The number of nitrogens with zero attached hydrogens (tertiary/aromatic N) is 1. The second kappa shape index (κ2) is 9.79. The van der Waals surface area contributed by atoms with Gasteiger partial charge in [-0.25, -0.2) is 0 Å². The molecule has 0 atom stereocenters. The van der Waals surface area contributed by atoms with Crippen LogP contribution in [0.2, 0.25) is 0 Å². The van der Waals surface area contributed by atoms with Crippen molar-refractivity contribution in [3.63, 3.8) is 0 Å². The number of hydrogen-bond donors (Lipinski definition) is 0. The Morgan fingerprint density at radius 1 is 0.686 bits per heavy atom. The lowest BCUT2D eigenvalue weighted by Gasteiger charge is -2.48. The molecule has 0 N–H and O–H groups in total. The Morgan fingerprint density at radius 2 is 1.20 bits per heavy atom. The Hall–Kier alpha value is -2.02. The Labute approximate surface area is 203 Å². The first-order valence-corrected chi connectivity index (χ1v) is 12.5. The highest BCUT2D eigenvalue weighted by atomic mass is 19.4. The quantitative estimate of drug-likeness (QED) is 0.320. The van der Waals surface area contributed by atoms with Crippen molar-refractivity contribution >= 4 is 0 Å². The lowest BCUT2D eigenvalue weighted by molar-refractivity contribution is -0.215. The average molecular weight is 498 g/mol. The summed E-state index contributed by atoms with van der Waals surface area (Å²) in [6.45, 7) is 1.39. The van der Waals surface area contributed by atoms with Crippen molar-refractivity contribution in [3.8, 4) is 0 Å². The van der Waals surface area contributed by atoms with Crippen molar-refractivity contribution in [1.82, 2.24) is 4.90 Å². The van der Waals surface area contributed by atoms with Crippen LogP contribution >= 0.6 is 0 Å². The minimum atomic E-state index is -4.48. The summed E-state index contributed by atoms with van der Waals surface area (Å²) in [5, 5.41) is 0. The molecule has 0 amide bonds. The van der Waals surface area contributed by atoms with Gasteiger partial charge < -0.3 is 4.90 Å². The highest BCUT2D eigenvalue weighted by molar-refractivity contribution is 5.48. The third-order valence-corrected chi connectivity index (χ3v) is 8.30. The molecule has 35 heavy (non-hydrogen) atoms. The molecule has 7 heteroatoms. The minimum absolute atomic E-state index is 0.0526. The third-order valence-electron chi connectivity index (χ3n) is 8.30. The van der Waals surface area contributed by atoms with Crippen LogP contribution in [0.1, 0.15) is 67.2 Å².